The summed E-state index contributed by atoms with van der Waals surface area (Å²) in [5.74, 6) is 1.45. The van der Waals surface area contributed by atoms with Crippen molar-refractivity contribution in [3.8, 4) is 0 Å². The van der Waals surface area contributed by atoms with Crippen LogP contribution in [-0.4, -0.2) is 18.8 Å². The summed E-state index contributed by atoms with van der Waals surface area (Å²) in [6.45, 7) is 3.17. The molecule has 2 fully saturated rings. The van der Waals surface area contributed by atoms with Crippen molar-refractivity contribution in [1.82, 2.24) is 0 Å². The molecule has 0 aromatic heterocycles. The van der Waals surface area contributed by atoms with Gasteiger partial charge in [-0.15, -0.1) is 0 Å². The Morgan fingerprint density at radius 1 is 1.00 bits per heavy atom. The predicted octanol–water partition coefficient (Wildman–Crippen LogP) is 3.49. The van der Waals surface area contributed by atoms with E-state index in [2.05, 4.69) is 6.92 Å². The van der Waals surface area contributed by atoms with Gasteiger partial charge in [-0.3, -0.25) is 0 Å². The smallest absolute Gasteiger partial charge is 0.0621 e. The molecule has 0 aliphatic heterocycles. The van der Waals surface area contributed by atoms with Gasteiger partial charge in [-0.1, -0.05) is 39.0 Å². The average Bonchev–Trinajstić information content (AvgIpc) is 2.58. The number of hydrogen-bond donors (Lipinski definition) is 1. The Balaban J connectivity index is 1.85. The summed E-state index contributed by atoms with van der Waals surface area (Å²) >= 11 is 0. The van der Waals surface area contributed by atoms with Gasteiger partial charge in [-0.05, 0) is 44.1 Å². The lowest BCUT2D eigenvalue weighted by Crippen LogP contribution is -2.38. The first-order valence-electron chi connectivity index (χ1n) is 7.65. The van der Waals surface area contributed by atoms with Gasteiger partial charge in [0.05, 0.1) is 12.2 Å². The lowest BCUT2D eigenvalue weighted by atomic mass is 9.80. The average molecular weight is 239 g/mol. The number of nitrogens with two attached hydrogens (primary N) is 1. The number of ether oxygens (including phenoxy) is 1. The third-order valence-corrected chi connectivity index (χ3v) is 4.66. The summed E-state index contributed by atoms with van der Waals surface area (Å²) in [7, 11) is 0. The first-order chi connectivity index (χ1) is 8.29. The van der Waals surface area contributed by atoms with E-state index < -0.39 is 0 Å². The fourth-order valence-electron chi connectivity index (χ4n) is 3.45. The third kappa shape index (κ3) is 3.96. The molecule has 0 aromatic rings. The molecule has 0 bridgehead atoms. The molecule has 0 radical (unpaired) electrons. The van der Waals surface area contributed by atoms with Crippen LogP contribution in [0, 0.1) is 11.8 Å². The fourth-order valence-corrected chi connectivity index (χ4v) is 3.45. The van der Waals surface area contributed by atoms with Crippen LogP contribution in [0.4, 0.5) is 0 Å². The van der Waals surface area contributed by atoms with Crippen LogP contribution in [0.1, 0.15) is 64.7 Å². The Bertz CT molecular complexity index is 211. The molecule has 0 heterocycles. The van der Waals surface area contributed by atoms with Gasteiger partial charge in [0, 0.05) is 0 Å². The van der Waals surface area contributed by atoms with Crippen molar-refractivity contribution in [2.45, 2.75) is 76.9 Å². The molecule has 2 aliphatic carbocycles. The Hall–Kier alpha value is -0.0800. The van der Waals surface area contributed by atoms with Crippen molar-refractivity contribution in [3.63, 3.8) is 0 Å². The van der Waals surface area contributed by atoms with Gasteiger partial charge in [-0.2, -0.15) is 0 Å². The minimum absolute atomic E-state index is 0.451. The molecule has 2 saturated carbocycles. The molecular weight excluding hydrogens is 210 g/mol. The highest BCUT2D eigenvalue weighted by Gasteiger charge is 2.30. The van der Waals surface area contributed by atoms with Crippen LogP contribution in [-0.2, 0) is 4.74 Å². The molecule has 100 valence electrons. The maximum absolute atomic E-state index is 6.41. The second kappa shape index (κ2) is 6.75. The topological polar surface area (TPSA) is 35.2 Å². The van der Waals surface area contributed by atoms with E-state index in [4.69, 9.17) is 10.5 Å². The maximum atomic E-state index is 6.41. The lowest BCUT2D eigenvalue weighted by molar-refractivity contribution is -0.0716. The first kappa shape index (κ1) is 13.4. The van der Waals surface area contributed by atoms with E-state index in [1.807, 2.05) is 0 Å². The van der Waals surface area contributed by atoms with Crippen LogP contribution >= 0.6 is 0 Å². The van der Waals surface area contributed by atoms with Gasteiger partial charge in [0.1, 0.15) is 0 Å². The van der Waals surface area contributed by atoms with Gasteiger partial charge < -0.3 is 10.5 Å². The van der Waals surface area contributed by atoms with Crippen molar-refractivity contribution < 1.29 is 4.74 Å². The van der Waals surface area contributed by atoms with Crippen molar-refractivity contribution >= 4 is 0 Å². The molecule has 0 amide bonds. The molecule has 2 N–H and O–H groups in total. The van der Waals surface area contributed by atoms with E-state index in [1.165, 1.54) is 57.8 Å². The molecule has 0 aromatic carbocycles. The van der Waals surface area contributed by atoms with Crippen molar-refractivity contribution in [2.24, 2.45) is 17.6 Å². The quantitative estimate of drug-likeness (QED) is 0.765. The zero-order chi connectivity index (χ0) is 12.1. The fraction of sp³-hybridized carbons (Fsp3) is 1.00. The largest absolute Gasteiger partial charge is 0.375 e. The highest BCUT2D eigenvalue weighted by molar-refractivity contribution is 4.81. The molecule has 2 rings (SSSR count). The highest BCUT2D eigenvalue weighted by atomic mass is 16.5. The molecular formula is C15H29NO. The Morgan fingerprint density at radius 2 is 1.71 bits per heavy atom. The summed E-state index contributed by atoms with van der Waals surface area (Å²) in [6.07, 6.45) is 12.9. The molecule has 0 spiro atoms. The van der Waals surface area contributed by atoms with Gasteiger partial charge in [-0.25, -0.2) is 0 Å². The monoisotopic (exact) mass is 239 g/mol. The third-order valence-electron chi connectivity index (χ3n) is 4.66. The van der Waals surface area contributed by atoms with Gasteiger partial charge in [0.2, 0.25) is 0 Å². The second-order valence-corrected chi connectivity index (χ2v) is 6.20. The Labute approximate surface area is 106 Å². The van der Waals surface area contributed by atoms with Crippen LogP contribution in [0.15, 0.2) is 0 Å². The highest BCUT2D eigenvalue weighted by Crippen LogP contribution is 2.33. The minimum Gasteiger partial charge on any atom is -0.375 e. The second-order valence-electron chi connectivity index (χ2n) is 6.20. The standard InChI is InChI=1S/C15H29NO/c1-12-8-9-13(11-16)15(10-12)17-14-6-4-2-3-5-7-14/h12-15H,2-11,16H2,1H3. The van der Waals surface area contributed by atoms with Gasteiger partial charge in [0.25, 0.3) is 0 Å². The van der Waals surface area contributed by atoms with E-state index in [0.29, 0.717) is 18.1 Å². The van der Waals surface area contributed by atoms with Gasteiger partial charge >= 0.3 is 0 Å². The summed E-state index contributed by atoms with van der Waals surface area (Å²) in [6, 6.07) is 0. The molecule has 0 saturated heterocycles. The van der Waals surface area contributed by atoms with E-state index >= 15 is 0 Å². The van der Waals surface area contributed by atoms with Crippen LogP contribution in [0.25, 0.3) is 0 Å². The normalized spacial score (nSPS) is 36.7. The first-order valence-corrected chi connectivity index (χ1v) is 7.65. The molecule has 17 heavy (non-hydrogen) atoms. The van der Waals surface area contributed by atoms with Crippen molar-refractivity contribution in [1.29, 1.82) is 0 Å². The molecule has 2 nitrogen and oxygen atoms in total. The zero-order valence-corrected chi connectivity index (χ0v) is 11.4. The maximum Gasteiger partial charge on any atom is 0.0621 e. The van der Waals surface area contributed by atoms with Crippen LogP contribution in [0.5, 0.6) is 0 Å². The number of rotatable bonds is 3. The van der Waals surface area contributed by atoms with E-state index in [1.54, 1.807) is 0 Å². The predicted molar refractivity (Wildman–Crippen MR) is 71.9 cm³/mol. The Morgan fingerprint density at radius 3 is 2.35 bits per heavy atom. The lowest BCUT2D eigenvalue weighted by Gasteiger charge is -2.36. The van der Waals surface area contributed by atoms with E-state index in [9.17, 15) is 0 Å². The summed E-state index contributed by atoms with van der Waals surface area (Å²) < 4.78 is 6.41. The molecule has 2 aliphatic rings. The Kier molecular flexibility index (Phi) is 5.30. The van der Waals surface area contributed by atoms with Crippen molar-refractivity contribution in [2.75, 3.05) is 6.54 Å². The van der Waals surface area contributed by atoms with Crippen molar-refractivity contribution in [3.05, 3.63) is 0 Å². The molecule has 2 heteroatoms. The summed E-state index contributed by atoms with van der Waals surface area (Å²) in [5, 5.41) is 0. The van der Waals surface area contributed by atoms with E-state index in [-0.39, 0.29) is 0 Å². The van der Waals surface area contributed by atoms with E-state index in [0.717, 1.165) is 12.5 Å². The SMILES string of the molecule is CC1CCC(CN)C(OC2CCCCCC2)C1. The summed E-state index contributed by atoms with van der Waals surface area (Å²) in [5.41, 5.74) is 5.90. The van der Waals surface area contributed by atoms with Gasteiger partial charge in [0.15, 0.2) is 0 Å². The molecule has 3 unspecified atom stereocenters. The molecule has 3 atom stereocenters. The summed E-state index contributed by atoms with van der Waals surface area (Å²) in [4.78, 5) is 0. The minimum atomic E-state index is 0.451. The van der Waals surface area contributed by atoms with Crippen LogP contribution < -0.4 is 5.73 Å². The zero-order valence-electron chi connectivity index (χ0n) is 11.4. The number of hydrogen-bond acceptors (Lipinski definition) is 2. The van der Waals surface area contributed by atoms with Crippen LogP contribution in [0.2, 0.25) is 0 Å². The van der Waals surface area contributed by atoms with Crippen LogP contribution in [0.3, 0.4) is 0 Å².